The minimum Gasteiger partial charge on any atom is -0.465 e. The molecule has 4 rings (SSSR count). The number of hydrogen-bond donors (Lipinski definition) is 0. The first-order valence-corrected chi connectivity index (χ1v) is 15.6. The number of esters is 2. The molecule has 1 aliphatic rings. The number of fused-ring (bicyclic) bond motifs is 1. The highest BCUT2D eigenvalue weighted by Gasteiger charge is 2.40. The summed E-state index contributed by atoms with van der Waals surface area (Å²) in [5.41, 5.74) is 6.15. The summed E-state index contributed by atoms with van der Waals surface area (Å²) in [6.07, 6.45) is 0. The van der Waals surface area contributed by atoms with Gasteiger partial charge in [0, 0.05) is 20.1 Å². The average Bonchev–Trinajstić information content (AvgIpc) is 3.12. The fraction of sp³-hybridized carbons (Fsp3) is 0.231. The molecule has 0 atom stereocenters. The molecule has 1 aliphatic heterocycles. The molecule has 0 unspecified atom stereocenters. The van der Waals surface area contributed by atoms with Crippen molar-refractivity contribution in [2.75, 3.05) is 14.2 Å². The summed E-state index contributed by atoms with van der Waals surface area (Å²) < 4.78 is 12.3. The third-order valence-electron chi connectivity index (χ3n) is 6.07. The maximum Gasteiger partial charge on any atom is 0.339 e. The molecule has 0 spiro atoms. The largest absolute Gasteiger partial charge is 0.465 e. The van der Waals surface area contributed by atoms with Gasteiger partial charge < -0.3 is 9.47 Å². The minimum absolute atomic E-state index is 0.273. The fourth-order valence-corrected chi connectivity index (χ4v) is 8.09. The van der Waals surface area contributed by atoms with Crippen molar-refractivity contribution in [2.24, 2.45) is 0 Å². The molecule has 0 aliphatic carbocycles. The molecule has 3 aromatic rings. The predicted molar refractivity (Wildman–Crippen MR) is 140 cm³/mol. The third kappa shape index (κ3) is 4.46. The maximum atomic E-state index is 13.3. The molecule has 7 heteroatoms. The van der Waals surface area contributed by atoms with Crippen molar-refractivity contribution in [1.29, 1.82) is 0 Å². The monoisotopic (exact) mass is 586 g/mol. The maximum absolute atomic E-state index is 13.3. The van der Waals surface area contributed by atoms with Crippen molar-refractivity contribution >= 4 is 51.9 Å². The van der Waals surface area contributed by atoms with Gasteiger partial charge in [0.15, 0.2) is 0 Å². The highest BCUT2D eigenvalue weighted by atomic mass is 79.9. The first kappa shape index (κ1) is 23.9. The lowest BCUT2D eigenvalue weighted by Gasteiger charge is -2.22. The lowest BCUT2D eigenvalue weighted by atomic mass is 9.82. The van der Waals surface area contributed by atoms with Crippen molar-refractivity contribution in [1.82, 2.24) is 0 Å². The number of halogens is 2. The first-order valence-electron chi connectivity index (χ1n) is 10.6. The summed E-state index contributed by atoms with van der Waals surface area (Å²) in [5.74, 6) is -1.08. The van der Waals surface area contributed by atoms with Crippen LogP contribution in [0.15, 0.2) is 57.5 Å². The first-order chi connectivity index (χ1) is 15.7. The third-order valence-corrected chi connectivity index (χ3v) is 9.75. The number of rotatable bonds is 4. The minimum atomic E-state index is -1.65. The summed E-state index contributed by atoms with van der Waals surface area (Å²) in [6.45, 7) is 4.69. The number of hydrogen-bond acceptors (Lipinski definition) is 4. The van der Waals surface area contributed by atoms with Crippen LogP contribution in [0.2, 0.25) is 13.1 Å². The Morgan fingerprint density at radius 2 is 1.03 bits per heavy atom. The number of methoxy groups -OCH3 is 2. The summed E-state index contributed by atoms with van der Waals surface area (Å²) in [7, 11) is 1.04. The Bertz CT molecular complexity index is 1150. The van der Waals surface area contributed by atoms with E-state index in [4.69, 9.17) is 9.47 Å². The van der Waals surface area contributed by atoms with E-state index < -0.39 is 20.0 Å². The second-order valence-corrected chi connectivity index (χ2v) is 15.8. The van der Waals surface area contributed by atoms with E-state index >= 15 is 0 Å². The van der Waals surface area contributed by atoms with Crippen molar-refractivity contribution < 1.29 is 19.1 Å². The molecule has 0 fully saturated rings. The normalized spacial score (nSPS) is 14.0. The Labute approximate surface area is 211 Å². The van der Waals surface area contributed by atoms with Crippen LogP contribution in [0.3, 0.4) is 0 Å². The van der Waals surface area contributed by atoms with E-state index in [0.717, 1.165) is 54.4 Å². The Kier molecular flexibility index (Phi) is 6.67. The van der Waals surface area contributed by atoms with Crippen LogP contribution in [0.4, 0.5) is 0 Å². The van der Waals surface area contributed by atoms with E-state index in [9.17, 15) is 9.59 Å². The van der Waals surface area contributed by atoms with Crippen molar-refractivity contribution in [3.63, 3.8) is 0 Å². The molecule has 170 valence electrons. The van der Waals surface area contributed by atoms with Gasteiger partial charge in [0.05, 0.1) is 33.4 Å². The number of carbonyl (C=O) groups excluding carboxylic acids is 2. The van der Waals surface area contributed by atoms with Crippen LogP contribution in [0.25, 0.3) is 22.3 Å². The smallest absolute Gasteiger partial charge is 0.339 e. The average molecular weight is 588 g/mol. The zero-order chi connectivity index (χ0) is 23.9. The molecule has 3 aromatic carbocycles. The zero-order valence-corrected chi connectivity index (χ0v) is 23.1. The van der Waals surface area contributed by atoms with Crippen LogP contribution >= 0.6 is 31.9 Å². The van der Waals surface area contributed by atoms with Crippen LogP contribution < -0.4 is 0 Å². The van der Waals surface area contributed by atoms with Gasteiger partial charge in [-0.3, -0.25) is 0 Å². The summed E-state index contributed by atoms with van der Waals surface area (Å²) in [4.78, 5) is 26.6. The molecule has 1 heterocycles. The molecule has 33 heavy (non-hydrogen) atoms. The highest BCUT2D eigenvalue weighted by Crippen LogP contribution is 2.46. The highest BCUT2D eigenvalue weighted by molar-refractivity contribution is 9.10. The van der Waals surface area contributed by atoms with Crippen LogP contribution in [0.1, 0.15) is 31.8 Å². The lowest BCUT2D eigenvalue weighted by molar-refractivity contribution is 0.0556. The van der Waals surface area contributed by atoms with Gasteiger partial charge in [0.1, 0.15) is 0 Å². The van der Waals surface area contributed by atoms with E-state index in [1.807, 2.05) is 48.5 Å². The SMILES string of the molecule is COC(=O)c1c(C(=O)OC)c(-c2ccc(Br)cc2)c2c(c1-c1ccc(Br)cc1)C[Si](C)(C)C2. The second kappa shape index (κ2) is 9.20. The topological polar surface area (TPSA) is 52.6 Å². The molecule has 4 nitrogen and oxygen atoms in total. The summed E-state index contributed by atoms with van der Waals surface area (Å²) in [6, 6.07) is 17.5. The molecular formula is C26H24Br2O4Si. The molecular weight excluding hydrogens is 564 g/mol. The van der Waals surface area contributed by atoms with Gasteiger partial charge in [-0.25, -0.2) is 9.59 Å². The summed E-state index contributed by atoms with van der Waals surface area (Å²) >= 11 is 6.99. The van der Waals surface area contributed by atoms with Crippen molar-refractivity contribution in [3.05, 3.63) is 79.7 Å². The number of benzene rings is 3. The van der Waals surface area contributed by atoms with E-state index in [1.54, 1.807) is 0 Å². The Hall–Kier alpha value is -2.22. The van der Waals surface area contributed by atoms with Crippen molar-refractivity contribution in [3.8, 4) is 22.3 Å². The van der Waals surface area contributed by atoms with Gasteiger partial charge in [-0.05, 0) is 58.6 Å². The zero-order valence-electron chi connectivity index (χ0n) is 18.9. The molecule has 0 saturated heterocycles. The molecule has 0 amide bonds. The van der Waals surface area contributed by atoms with Gasteiger partial charge in [0.2, 0.25) is 0 Å². The standard InChI is InChI=1S/C26H24Br2O4Si/c1-31-25(29)23-21(15-5-9-17(27)10-6-15)19-13-33(3,4)14-20(19)22(24(23)26(30)32-2)16-7-11-18(28)12-8-16/h5-12H,13-14H2,1-4H3. The molecule has 0 aromatic heterocycles. The van der Waals surface area contributed by atoms with Crippen LogP contribution in [-0.2, 0) is 21.6 Å². The van der Waals surface area contributed by atoms with Gasteiger partial charge in [0.25, 0.3) is 0 Å². The number of ether oxygens (including phenoxy) is 2. The quantitative estimate of drug-likeness (QED) is 0.243. The molecule has 0 bridgehead atoms. The number of carbonyl (C=O) groups is 2. The Morgan fingerprint density at radius 1 is 0.697 bits per heavy atom. The Morgan fingerprint density at radius 3 is 1.33 bits per heavy atom. The summed E-state index contributed by atoms with van der Waals surface area (Å²) in [5, 5.41) is 0. The lowest BCUT2D eigenvalue weighted by Crippen LogP contribution is -2.26. The van der Waals surface area contributed by atoms with Gasteiger partial charge in [-0.1, -0.05) is 69.2 Å². The van der Waals surface area contributed by atoms with Crippen LogP contribution in [-0.4, -0.2) is 34.2 Å². The predicted octanol–water partition coefficient (Wildman–Crippen LogP) is 7.00. The van der Waals surface area contributed by atoms with E-state index in [-0.39, 0.29) is 11.1 Å². The van der Waals surface area contributed by atoms with E-state index in [1.165, 1.54) is 14.2 Å². The van der Waals surface area contributed by atoms with Gasteiger partial charge in [-0.15, -0.1) is 0 Å². The van der Waals surface area contributed by atoms with E-state index in [2.05, 4.69) is 45.0 Å². The van der Waals surface area contributed by atoms with E-state index in [0.29, 0.717) is 0 Å². The Balaban J connectivity index is 2.20. The molecule has 0 radical (unpaired) electrons. The van der Waals surface area contributed by atoms with Gasteiger partial charge in [-0.2, -0.15) is 0 Å². The van der Waals surface area contributed by atoms with Crippen LogP contribution in [0, 0.1) is 0 Å². The molecule has 0 saturated carbocycles. The molecule has 0 N–H and O–H groups in total. The van der Waals surface area contributed by atoms with Gasteiger partial charge >= 0.3 is 11.9 Å². The van der Waals surface area contributed by atoms with Crippen LogP contribution in [0.5, 0.6) is 0 Å². The second-order valence-electron chi connectivity index (χ2n) is 8.97. The fourth-order valence-electron chi connectivity index (χ4n) is 4.75. The van der Waals surface area contributed by atoms with Crippen molar-refractivity contribution in [2.45, 2.75) is 25.2 Å².